The molecule has 0 radical (unpaired) electrons. The summed E-state index contributed by atoms with van der Waals surface area (Å²) in [5, 5.41) is 13.6. The van der Waals surface area contributed by atoms with Crippen LogP contribution >= 0.6 is 0 Å². The van der Waals surface area contributed by atoms with Gasteiger partial charge >= 0.3 is 5.97 Å². The average Bonchev–Trinajstić information content (AvgIpc) is 2.89. The fraction of sp³-hybridized carbons (Fsp3) is 0.667. The van der Waals surface area contributed by atoms with Gasteiger partial charge in [-0.2, -0.15) is 5.10 Å². The Hall–Kier alpha value is -1.36. The molecule has 17 heavy (non-hydrogen) atoms. The Labute approximate surface area is 100 Å². The van der Waals surface area contributed by atoms with Crippen LogP contribution in [0, 0.1) is 12.8 Å². The summed E-state index contributed by atoms with van der Waals surface area (Å²) >= 11 is 0. The highest BCUT2D eigenvalue weighted by Gasteiger charge is 2.39. The van der Waals surface area contributed by atoms with Crippen molar-refractivity contribution in [1.82, 2.24) is 9.78 Å². The summed E-state index contributed by atoms with van der Waals surface area (Å²) in [4.78, 5) is 11.5. The number of aliphatic carboxylic acids is 1. The van der Waals surface area contributed by atoms with E-state index >= 15 is 0 Å². The zero-order chi connectivity index (χ0) is 12.5. The molecule has 5 heteroatoms. The van der Waals surface area contributed by atoms with Crippen LogP contribution in [0.3, 0.4) is 0 Å². The second-order valence-corrected chi connectivity index (χ2v) is 4.98. The van der Waals surface area contributed by atoms with E-state index in [0.29, 0.717) is 18.9 Å². The van der Waals surface area contributed by atoms with Gasteiger partial charge in [-0.25, -0.2) is 4.79 Å². The third-order valence-electron chi connectivity index (χ3n) is 3.39. The Morgan fingerprint density at radius 1 is 1.76 bits per heavy atom. The number of carboxylic acids is 1. The molecular weight excluding hydrogens is 220 g/mol. The SMILES string of the molecule is Cc1cnn(C(C)(CC2CCOC2)C(=O)O)c1. The van der Waals surface area contributed by atoms with Gasteiger partial charge in [0.15, 0.2) is 5.54 Å². The van der Waals surface area contributed by atoms with Crippen molar-refractivity contribution in [1.29, 1.82) is 0 Å². The molecule has 0 saturated carbocycles. The van der Waals surface area contributed by atoms with Crippen LogP contribution in [0.2, 0.25) is 0 Å². The number of hydrogen-bond acceptors (Lipinski definition) is 3. The van der Waals surface area contributed by atoms with E-state index in [1.54, 1.807) is 24.0 Å². The van der Waals surface area contributed by atoms with Gasteiger partial charge in [-0.05, 0) is 38.2 Å². The van der Waals surface area contributed by atoms with Crippen molar-refractivity contribution in [2.45, 2.75) is 32.2 Å². The molecule has 2 heterocycles. The van der Waals surface area contributed by atoms with E-state index in [9.17, 15) is 9.90 Å². The zero-order valence-electron chi connectivity index (χ0n) is 10.2. The van der Waals surface area contributed by atoms with Gasteiger partial charge in [-0.1, -0.05) is 0 Å². The highest BCUT2D eigenvalue weighted by atomic mass is 16.5. The lowest BCUT2D eigenvalue weighted by atomic mass is 9.88. The predicted octanol–water partition coefficient (Wildman–Crippen LogP) is 1.42. The summed E-state index contributed by atoms with van der Waals surface area (Å²) in [6, 6.07) is 0. The van der Waals surface area contributed by atoms with Crippen LogP contribution in [0.4, 0.5) is 0 Å². The number of ether oxygens (including phenoxy) is 1. The van der Waals surface area contributed by atoms with Gasteiger partial charge in [0.25, 0.3) is 0 Å². The molecule has 0 bridgehead atoms. The number of hydrogen-bond donors (Lipinski definition) is 1. The normalized spacial score (nSPS) is 23.5. The fourth-order valence-electron chi connectivity index (χ4n) is 2.27. The molecule has 2 rings (SSSR count). The number of rotatable bonds is 4. The Morgan fingerprint density at radius 3 is 3.00 bits per heavy atom. The van der Waals surface area contributed by atoms with E-state index in [4.69, 9.17) is 4.74 Å². The Balaban J connectivity index is 2.22. The number of aryl methyl sites for hydroxylation is 1. The van der Waals surface area contributed by atoms with Crippen molar-refractivity contribution in [2.75, 3.05) is 13.2 Å². The van der Waals surface area contributed by atoms with Crippen molar-refractivity contribution >= 4 is 5.97 Å². The van der Waals surface area contributed by atoms with Gasteiger partial charge in [0.1, 0.15) is 0 Å². The van der Waals surface area contributed by atoms with Gasteiger partial charge in [0, 0.05) is 19.4 Å². The first-order chi connectivity index (χ1) is 8.02. The lowest BCUT2D eigenvalue weighted by Gasteiger charge is -2.27. The predicted molar refractivity (Wildman–Crippen MR) is 61.8 cm³/mol. The first-order valence-corrected chi connectivity index (χ1v) is 5.85. The Morgan fingerprint density at radius 2 is 2.53 bits per heavy atom. The maximum atomic E-state index is 11.5. The molecule has 0 aliphatic carbocycles. The topological polar surface area (TPSA) is 64.4 Å². The summed E-state index contributed by atoms with van der Waals surface area (Å²) < 4.78 is 6.86. The number of carboxylic acid groups (broad SMARTS) is 1. The highest BCUT2D eigenvalue weighted by molar-refractivity contribution is 5.76. The molecule has 2 atom stereocenters. The van der Waals surface area contributed by atoms with Crippen molar-refractivity contribution in [3.63, 3.8) is 0 Å². The summed E-state index contributed by atoms with van der Waals surface area (Å²) in [7, 11) is 0. The molecule has 1 fully saturated rings. The number of aromatic nitrogens is 2. The molecule has 1 aromatic rings. The van der Waals surface area contributed by atoms with Crippen LogP contribution in [0.5, 0.6) is 0 Å². The van der Waals surface area contributed by atoms with Crippen molar-refractivity contribution in [3.8, 4) is 0 Å². The van der Waals surface area contributed by atoms with E-state index in [0.717, 1.165) is 18.6 Å². The van der Waals surface area contributed by atoms with E-state index in [-0.39, 0.29) is 0 Å². The molecular formula is C12H18N2O3. The summed E-state index contributed by atoms with van der Waals surface area (Å²) in [5.74, 6) is -0.534. The number of carbonyl (C=O) groups is 1. The van der Waals surface area contributed by atoms with Crippen LogP contribution in [0.1, 0.15) is 25.3 Å². The molecule has 2 unspecified atom stereocenters. The largest absolute Gasteiger partial charge is 0.479 e. The van der Waals surface area contributed by atoms with Gasteiger partial charge in [0.2, 0.25) is 0 Å². The summed E-state index contributed by atoms with van der Waals surface area (Å²) in [6.07, 6.45) is 4.96. The third-order valence-corrected chi connectivity index (χ3v) is 3.39. The molecule has 1 saturated heterocycles. The molecule has 0 aromatic carbocycles. The molecule has 1 aromatic heterocycles. The maximum Gasteiger partial charge on any atom is 0.331 e. The maximum absolute atomic E-state index is 11.5. The quantitative estimate of drug-likeness (QED) is 0.861. The van der Waals surface area contributed by atoms with Crippen molar-refractivity contribution in [2.24, 2.45) is 5.92 Å². The minimum absolute atomic E-state index is 0.306. The Bertz CT molecular complexity index is 410. The van der Waals surface area contributed by atoms with E-state index in [2.05, 4.69) is 5.10 Å². The van der Waals surface area contributed by atoms with Crippen LogP contribution in [-0.4, -0.2) is 34.1 Å². The van der Waals surface area contributed by atoms with Crippen LogP contribution in [0.15, 0.2) is 12.4 Å². The molecule has 1 N–H and O–H groups in total. The van der Waals surface area contributed by atoms with E-state index in [1.807, 2.05) is 6.92 Å². The second kappa shape index (κ2) is 4.49. The standard InChI is InChI=1S/C12H18N2O3/c1-9-6-13-14(7-9)12(2,11(15)16)5-10-3-4-17-8-10/h6-7,10H,3-5,8H2,1-2H3,(H,15,16). The lowest BCUT2D eigenvalue weighted by Crippen LogP contribution is -2.41. The molecule has 1 aliphatic rings. The molecule has 1 aliphatic heterocycles. The Kier molecular flexibility index (Phi) is 3.19. The molecule has 0 spiro atoms. The lowest BCUT2D eigenvalue weighted by molar-refractivity contribution is -0.148. The minimum Gasteiger partial charge on any atom is -0.479 e. The fourth-order valence-corrected chi connectivity index (χ4v) is 2.27. The first-order valence-electron chi connectivity index (χ1n) is 5.85. The van der Waals surface area contributed by atoms with Gasteiger partial charge in [0.05, 0.1) is 6.20 Å². The molecule has 5 nitrogen and oxygen atoms in total. The smallest absolute Gasteiger partial charge is 0.331 e. The first kappa shape index (κ1) is 12.1. The minimum atomic E-state index is -0.980. The molecule has 0 amide bonds. The van der Waals surface area contributed by atoms with Crippen LogP contribution in [0.25, 0.3) is 0 Å². The second-order valence-electron chi connectivity index (χ2n) is 4.98. The number of nitrogens with zero attached hydrogens (tertiary/aromatic N) is 2. The van der Waals surface area contributed by atoms with Gasteiger partial charge < -0.3 is 9.84 Å². The summed E-state index contributed by atoms with van der Waals surface area (Å²) in [6.45, 7) is 5.02. The van der Waals surface area contributed by atoms with Gasteiger partial charge in [-0.3, -0.25) is 4.68 Å². The van der Waals surface area contributed by atoms with Crippen molar-refractivity contribution < 1.29 is 14.6 Å². The molecule has 94 valence electrons. The van der Waals surface area contributed by atoms with Gasteiger partial charge in [-0.15, -0.1) is 0 Å². The average molecular weight is 238 g/mol. The van der Waals surface area contributed by atoms with Crippen LogP contribution in [-0.2, 0) is 15.1 Å². The van der Waals surface area contributed by atoms with Crippen molar-refractivity contribution in [3.05, 3.63) is 18.0 Å². The van der Waals surface area contributed by atoms with Crippen LogP contribution < -0.4 is 0 Å². The monoisotopic (exact) mass is 238 g/mol. The highest BCUT2D eigenvalue weighted by Crippen LogP contribution is 2.29. The zero-order valence-corrected chi connectivity index (χ0v) is 10.2. The van der Waals surface area contributed by atoms with E-state index < -0.39 is 11.5 Å². The summed E-state index contributed by atoms with van der Waals surface area (Å²) in [5.41, 5.74) is -0.00718. The van der Waals surface area contributed by atoms with E-state index in [1.165, 1.54) is 0 Å². The third kappa shape index (κ3) is 2.34.